The normalized spacial score (nSPS) is 13.0. The van der Waals surface area contributed by atoms with E-state index < -0.39 is 0 Å². The molecule has 2 aromatic rings. The topological polar surface area (TPSA) is 24.5 Å². The second-order valence-electron chi connectivity index (χ2n) is 5.62. The molecule has 0 aromatic heterocycles. The average Bonchev–Trinajstić information content (AvgIpc) is 2.59. The van der Waals surface area contributed by atoms with Gasteiger partial charge in [0.1, 0.15) is 12.4 Å². The highest BCUT2D eigenvalue weighted by Crippen LogP contribution is 2.28. The molecule has 1 aliphatic heterocycles. The molecule has 0 atom stereocenters. The molecule has 3 heteroatoms. The number of nitrogens with zero attached hydrogens (tertiary/aromatic N) is 1. The van der Waals surface area contributed by atoms with Gasteiger partial charge in [0.2, 0.25) is 0 Å². The van der Waals surface area contributed by atoms with Gasteiger partial charge in [-0.2, -0.15) is 0 Å². The van der Waals surface area contributed by atoms with Gasteiger partial charge in [0.05, 0.1) is 5.69 Å². The second-order valence-corrected chi connectivity index (χ2v) is 5.62. The lowest BCUT2D eigenvalue weighted by atomic mass is 10.1. The lowest BCUT2D eigenvalue weighted by Crippen LogP contribution is -2.24. The first-order valence-electron chi connectivity index (χ1n) is 8.16. The summed E-state index contributed by atoms with van der Waals surface area (Å²) in [5.74, 6) is 0.981. The molecule has 2 aromatic carbocycles. The number of aryl methyl sites for hydroxylation is 1. The van der Waals surface area contributed by atoms with E-state index in [1.807, 2.05) is 0 Å². The van der Waals surface area contributed by atoms with Gasteiger partial charge in [0.25, 0.3) is 0 Å². The predicted octanol–water partition coefficient (Wildman–Crippen LogP) is 3.95. The SMILES string of the molecule is CCN(CCCc1ccc2c(c1)NCCO2)c1ccccc1. The Labute approximate surface area is 132 Å². The van der Waals surface area contributed by atoms with Crippen molar-refractivity contribution in [1.29, 1.82) is 0 Å². The molecule has 3 nitrogen and oxygen atoms in total. The van der Waals surface area contributed by atoms with E-state index in [4.69, 9.17) is 4.74 Å². The van der Waals surface area contributed by atoms with Crippen molar-refractivity contribution in [3.05, 3.63) is 54.1 Å². The first-order valence-corrected chi connectivity index (χ1v) is 8.16. The van der Waals surface area contributed by atoms with E-state index in [1.54, 1.807) is 0 Å². The first-order chi connectivity index (χ1) is 10.9. The van der Waals surface area contributed by atoms with Crippen molar-refractivity contribution in [3.63, 3.8) is 0 Å². The van der Waals surface area contributed by atoms with Crippen LogP contribution in [0.5, 0.6) is 5.75 Å². The van der Waals surface area contributed by atoms with Crippen molar-refractivity contribution in [2.24, 2.45) is 0 Å². The maximum absolute atomic E-state index is 5.63. The average molecular weight is 296 g/mol. The minimum atomic E-state index is 0.759. The predicted molar refractivity (Wildman–Crippen MR) is 93.1 cm³/mol. The summed E-state index contributed by atoms with van der Waals surface area (Å²) < 4.78 is 5.63. The Hall–Kier alpha value is -2.16. The highest BCUT2D eigenvalue weighted by atomic mass is 16.5. The van der Waals surface area contributed by atoms with E-state index >= 15 is 0 Å². The Morgan fingerprint density at radius 3 is 2.82 bits per heavy atom. The van der Waals surface area contributed by atoms with Crippen LogP contribution in [0.25, 0.3) is 0 Å². The quantitative estimate of drug-likeness (QED) is 0.873. The standard InChI is InChI=1S/C19H24N2O/c1-2-21(17-8-4-3-5-9-17)13-6-7-16-10-11-19-18(15-16)20-12-14-22-19/h3-5,8-11,15,20H,2,6-7,12-14H2,1H3. The largest absolute Gasteiger partial charge is 0.490 e. The van der Waals surface area contributed by atoms with Crippen molar-refractivity contribution in [1.82, 2.24) is 0 Å². The van der Waals surface area contributed by atoms with Gasteiger partial charge in [-0.1, -0.05) is 24.3 Å². The van der Waals surface area contributed by atoms with Gasteiger partial charge in [-0.25, -0.2) is 0 Å². The second kappa shape index (κ2) is 7.21. The molecule has 1 N–H and O–H groups in total. The number of rotatable bonds is 6. The van der Waals surface area contributed by atoms with E-state index in [9.17, 15) is 0 Å². The fraction of sp³-hybridized carbons (Fsp3) is 0.368. The van der Waals surface area contributed by atoms with Crippen molar-refractivity contribution in [2.45, 2.75) is 19.8 Å². The third kappa shape index (κ3) is 3.53. The zero-order valence-electron chi connectivity index (χ0n) is 13.2. The molecule has 1 heterocycles. The monoisotopic (exact) mass is 296 g/mol. The van der Waals surface area contributed by atoms with Gasteiger partial charge in [0.15, 0.2) is 0 Å². The van der Waals surface area contributed by atoms with Crippen LogP contribution in [0.15, 0.2) is 48.5 Å². The summed E-state index contributed by atoms with van der Waals surface area (Å²) in [5, 5.41) is 3.40. The molecule has 3 rings (SSSR count). The molecule has 0 amide bonds. The van der Waals surface area contributed by atoms with E-state index in [1.165, 1.54) is 11.3 Å². The number of nitrogens with one attached hydrogen (secondary N) is 1. The number of anilines is 2. The number of fused-ring (bicyclic) bond motifs is 1. The van der Waals surface area contributed by atoms with Crippen LogP contribution in [-0.2, 0) is 6.42 Å². The summed E-state index contributed by atoms with van der Waals surface area (Å²) in [7, 11) is 0. The molecule has 116 valence electrons. The number of benzene rings is 2. The minimum Gasteiger partial charge on any atom is -0.490 e. The summed E-state index contributed by atoms with van der Waals surface area (Å²) in [5.41, 5.74) is 3.82. The summed E-state index contributed by atoms with van der Waals surface area (Å²) in [4.78, 5) is 2.43. The molecule has 0 bridgehead atoms. The van der Waals surface area contributed by atoms with Gasteiger partial charge in [-0.3, -0.25) is 0 Å². The lowest BCUT2D eigenvalue weighted by Gasteiger charge is -2.23. The zero-order chi connectivity index (χ0) is 15.2. The molecule has 22 heavy (non-hydrogen) atoms. The number of hydrogen-bond donors (Lipinski definition) is 1. The molecular formula is C19H24N2O. The molecule has 1 aliphatic rings. The van der Waals surface area contributed by atoms with Gasteiger partial charge in [0, 0.05) is 25.3 Å². The van der Waals surface area contributed by atoms with Crippen molar-refractivity contribution < 1.29 is 4.74 Å². The smallest absolute Gasteiger partial charge is 0.142 e. The van der Waals surface area contributed by atoms with Gasteiger partial charge in [-0.05, 0) is 49.6 Å². The third-order valence-corrected chi connectivity index (χ3v) is 4.12. The lowest BCUT2D eigenvalue weighted by molar-refractivity contribution is 0.323. The Morgan fingerprint density at radius 1 is 1.14 bits per heavy atom. The highest BCUT2D eigenvalue weighted by Gasteiger charge is 2.10. The Balaban J connectivity index is 1.56. The highest BCUT2D eigenvalue weighted by molar-refractivity contribution is 5.59. The Morgan fingerprint density at radius 2 is 2.00 bits per heavy atom. The van der Waals surface area contributed by atoms with E-state index in [2.05, 4.69) is 65.7 Å². The Kier molecular flexibility index (Phi) is 4.84. The third-order valence-electron chi connectivity index (χ3n) is 4.12. The van der Waals surface area contributed by atoms with E-state index in [-0.39, 0.29) is 0 Å². The first kappa shape index (κ1) is 14.8. The van der Waals surface area contributed by atoms with Crippen LogP contribution in [0.4, 0.5) is 11.4 Å². The summed E-state index contributed by atoms with van der Waals surface area (Å²) in [6.07, 6.45) is 2.25. The fourth-order valence-electron chi connectivity index (χ4n) is 2.93. The molecular weight excluding hydrogens is 272 g/mol. The summed E-state index contributed by atoms with van der Waals surface area (Å²) in [6.45, 7) is 6.00. The molecule has 0 saturated heterocycles. The van der Waals surface area contributed by atoms with Crippen molar-refractivity contribution in [3.8, 4) is 5.75 Å². The molecule has 0 fully saturated rings. The van der Waals surface area contributed by atoms with Gasteiger partial charge < -0.3 is 15.0 Å². The maximum atomic E-state index is 5.63. The molecule has 0 spiro atoms. The summed E-state index contributed by atoms with van der Waals surface area (Å²) in [6, 6.07) is 17.1. The van der Waals surface area contributed by atoms with Crippen LogP contribution < -0.4 is 15.0 Å². The van der Waals surface area contributed by atoms with Crippen LogP contribution in [0.2, 0.25) is 0 Å². The van der Waals surface area contributed by atoms with Crippen LogP contribution in [-0.4, -0.2) is 26.2 Å². The molecule has 0 radical (unpaired) electrons. The van der Waals surface area contributed by atoms with E-state index in [0.717, 1.165) is 50.5 Å². The molecule has 0 saturated carbocycles. The van der Waals surface area contributed by atoms with Crippen LogP contribution >= 0.6 is 0 Å². The van der Waals surface area contributed by atoms with Crippen LogP contribution in [0, 0.1) is 0 Å². The Bertz CT molecular complexity index is 598. The number of hydrogen-bond acceptors (Lipinski definition) is 3. The van der Waals surface area contributed by atoms with Gasteiger partial charge in [-0.15, -0.1) is 0 Å². The van der Waals surface area contributed by atoms with Crippen molar-refractivity contribution in [2.75, 3.05) is 36.5 Å². The molecule has 0 unspecified atom stereocenters. The zero-order valence-corrected chi connectivity index (χ0v) is 13.2. The van der Waals surface area contributed by atoms with Crippen LogP contribution in [0.3, 0.4) is 0 Å². The number of ether oxygens (including phenoxy) is 1. The number of para-hydroxylation sites is 1. The van der Waals surface area contributed by atoms with Gasteiger partial charge >= 0.3 is 0 Å². The fourth-order valence-corrected chi connectivity index (χ4v) is 2.93. The maximum Gasteiger partial charge on any atom is 0.142 e. The van der Waals surface area contributed by atoms with Crippen LogP contribution in [0.1, 0.15) is 18.9 Å². The molecule has 0 aliphatic carbocycles. The van der Waals surface area contributed by atoms with Crippen molar-refractivity contribution >= 4 is 11.4 Å². The minimum absolute atomic E-state index is 0.759. The van der Waals surface area contributed by atoms with E-state index in [0.29, 0.717) is 0 Å². The summed E-state index contributed by atoms with van der Waals surface area (Å²) >= 11 is 0.